The van der Waals surface area contributed by atoms with Crippen molar-refractivity contribution >= 4 is 21.5 Å². The van der Waals surface area contributed by atoms with Gasteiger partial charge in [0.2, 0.25) is 0 Å². The van der Waals surface area contributed by atoms with Crippen LogP contribution in [-0.2, 0) is 6.42 Å². The van der Waals surface area contributed by atoms with Gasteiger partial charge in [-0.2, -0.15) is 0 Å². The van der Waals surface area contributed by atoms with Gasteiger partial charge >= 0.3 is 0 Å². The van der Waals surface area contributed by atoms with Crippen molar-refractivity contribution in [2.24, 2.45) is 0 Å². The number of phenols is 1. The third kappa shape index (κ3) is 2.33. The Morgan fingerprint density at radius 3 is 2.47 bits per heavy atom. The van der Waals surface area contributed by atoms with Gasteiger partial charge in [-0.05, 0) is 54.2 Å². The molecule has 1 aliphatic rings. The normalized spacial score (nSPS) is 14.4. The molecule has 0 atom stereocenters. The highest BCUT2D eigenvalue weighted by Gasteiger charge is 2.18. The first-order valence-electron chi connectivity index (χ1n) is 6.43. The first-order valence-corrected chi connectivity index (χ1v) is 7.22. The molecule has 2 aromatic rings. The number of aryl methyl sites for hydroxylation is 2. The van der Waals surface area contributed by atoms with Crippen LogP contribution in [0.1, 0.15) is 28.7 Å². The van der Waals surface area contributed by atoms with Gasteiger partial charge < -0.3 is 5.11 Å². The van der Waals surface area contributed by atoms with E-state index in [9.17, 15) is 5.11 Å². The lowest BCUT2D eigenvalue weighted by Crippen LogP contribution is -2.04. The molecule has 0 radical (unpaired) electrons. The summed E-state index contributed by atoms with van der Waals surface area (Å²) >= 11 is 3.72. The van der Waals surface area contributed by atoms with Gasteiger partial charge in [0.05, 0.1) is 0 Å². The van der Waals surface area contributed by atoms with Gasteiger partial charge in [0.1, 0.15) is 5.75 Å². The van der Waals surface area contributed by atoms with Gasteiger partial charge in [0.15, 0.2) is 0 Å². The molecule has 0 spiro atoms. The Labute approximate surface area is 121 Å². The molecule has 1 N–H and O–H groups in total. The van der Waals surface area contributed by atoms with Crippen molar-refractivity contribution < 1.29 is 5.11 Å². The summed E-state index contributed by atoms with van der Waals surface area (Å²) in [6, 6.07) is 14.1. The van der Waals surface area contributed by atoms with E-state index >= 15 is 0 Å². The van der Waals surface area contributed by atoms with Crippen LogP contribution in [0.15, 0.2) is 46.9 Å². The summed E-state index contributed by atoms with van der Waals surface area (Å²) in [5, 5.41) is 9.42. The number of phenolic OH excluding ortho intramolecular Hbond substituents is 1. The van der Waals surface area contributed by atoms with Gasteiger partial charge in [-0.25, -0.2) is 0 Å². The molecule has 0 aromatic heterocycles. The van der Waals surface area contributed by atoms with Crippen LogP contribution in [0, 0.1) is 6.92 Å². The molecule has 3 rings (SSSR count). The third-order valence-electron chi connectivity index (χ3n) is 3.57. The topological polar surface area (TPSA) is 20.2 Å². The van der Waals surface area contributed by atoms with Crippen LogP contribution in [0.4, 0.5) is 0 Å². The fourth-order valence-electron chi connectivity index (χ4n) is 2.63. The monoisotopic (exact) mass is 314 g/mol. The second-order valence-corrected chi connectivity index (χ2v) is 5.94. The van der Waals surface area contributed by atoms with Crippen LogP contribution in [0.5, 0.6) is 5.75 Å². The van der Waals surface area contributed by atoms with Crippen LogP contribution in [0.2, 0.25) is 0 Å². The Hall–Kier alpha value is -1.54. The number of rotatable bonds is 1. The number of hydrogen-bond acceptors (Lipinski definition) is 1. The zero-order valence-electron chi connectivity index (χ0n) is 10.8. The standard InChI is InChI=1S/C17H15BrO/c1-11-2-8-15-13(10-11)5-9-16(18)17(15)12-3-6-14(19)7-4-12/h2-4,6-8,10,19H,5,9H2,1H3. The molecule has 2 heteroatoms. The van der Waals surface area contributed by atoms with Crippen molar-refractivity contribution in [2.45, 2.75) is 19.8 Å². The summed E-state index contributed by atoms with van der Waals surface area (Å²) in [5.74, 6) is 0.306. The van der Waals surface area contributed by atoms with E-state index in [2.05, 4.69) is 41.1 Å². The Kier molecular flexibility index (Phi) is 3.19. The van der Waals surface area contributed by atoms with Crippen molar-refractivity contribution in [3.63, 3.8) is 0 Å². The van der Waals surface area contributed by atoms with Crippen LogP contribution in [-0.4, -0.2) is 5.11 Å². The number of halogens is 1. The van der Waals surface area contributed by atoms with Crippen LogP contribution >= 0.6 is 15.9 Å². The van der Waals surface area contributed by atoms with E-state index in [0.717, 1.165) is 18.4 Å². The Balaban J connectivity index is 2.17. The average Bonchev–Trinajstić information content (AvgIpc) is 2.40. The average molecular weight is 315 g/mol. The predicted octanol–water partition coefficient (Wildman–Crippen LogP) is 4.80. The minimum Gasteiger partial charge on any atom is -0.508 e. The molecule has 0 bridgehead atoms. The molecule has 0 amide bonds. The lowest BCUT2D eigenvalue weighted by Gasteiger charge is -2.21. The summed E-state index contributed by atoms with van der Waals surface area (Å²) in [4.78, 5) is 0. The van der Waals surface area contributed by atoms with E-state index in [0.29, 0.717) is 5.75 Å². The smallest absolute Gasteiger partial charge is 0.115 e. The molecule has 0 fully saturated rings. The highest BCUT2D eigenvalue weighted by atomic mass is 79.9. The van der Waals surface area contributed by atoms with E-state index in [1.807, 2.05) is 12.1 Å². The first-order chi connectivity index (χ1) is 9.15. The van der Waals surface area contributed by atoms with Crippen LogP contribution in [0.3, 0.4) is 0 Å². The third-order valence-corrected chi connectivity index (χ3v) is 4.36. The second-order valence-electron chi connectivity index (χ2n) is 4.99. The predicted molar refractivity (Wildman–Crippen MR) is 82.6 cm³/mol. The minimum absolute atomic E-state index is 0.306. The number of fused-ring (bicyclic) bond motifs is 1. The number of aromatic hydroxyl groups is 1. The van der Waals surface area contributed by atoms with Gasteiger partial charge in [-0.15, -0.1) is 0 Å². The molecular weight excluding hydrogens is 300 g/mol. The van der Waals surface area contributed by atoms with Gasteiger partial charge in [-0.1, -0.05) is 51.8 Å². The molecule has 19 heavy (non-hydrogen) atoms. The van der Waals surface area contributed by atoms with Crippen molar-refractivity contribution in [1.29, 1.82) is 0 Å². The first kappa shape index (κ1) is 12.5. The fourth-order valence-corrected chi connectivity index (χ4v) is 3.27. The minimum atomic E-state index is 0.306. The Morgan fingerprint density at radius 2 is 1.74 bits per heavy atom. The van der Waals surface area contributed by atoms with E-state index in [1.165, 1.54) is 26.7 Å². The highest BCUT2D eigenvalue weighted by Crippen LogP contribution is 2.39. The fraction of sp³-hybridized carbons (Fsp3) is 0.176. The van der Waals surface area contributed by atoms with Crippen molar-refractivity contribution in [2.75, 3.05) is 0 Å². The molecule has 2 aromatic carbocycles. The summed E-state index contributed by atoms with van der Waals surface area (Å²) in [5.41, 5.74) is 6.42. The zero-order chi connectivity index (χ0) is 13.4. The summed E-state index contributed by atoms with van der Waals surface area (Å²) in [6.07, 6.45) is 2.12. The largest absolute Gasteiger partial charge is 0.508 e. The van der Waals surface area contributed by atoms with E-state index < -0.39 is 0 Å². The van der Waals surface area contributed by atoms with Crippen LogP contribution < -0.4 is 0 Å². The maximum Gasteiger partial charge on any atom is 0.115 e. The maximum absolute atomic E-state index is 9.42. The van der Waals surface area contributed by atoms with Crippen molar-refractivity contribution in [1.82, 2.24) is 0 Å². The lowest BCUT2D eigenvalue weighted by atomic mass is 9.86. The van der Waals surface area contributed by atoms with E-state index in [4.69, 9.17) is 0 Å². The molecule has 1 aliphatic carbocycles. The molecule has 0 aliphatic heterocycles. The van der Waals surface area contributed by atoms with Gasteiger partial charge in [0.25, 0.3) is 0 Å². The molecule has 1 nitrogen and oxygen atoms in total. The lowest BCUT2D eigenvalue weighted by molar-refractivity contribution is 0.475. The molecule has 0 heterocycles. The number of allylic oxidation sites excluding steroid dienone is 1. The SMILES string of the molecule is Cc1ccc2c(c1)CCC(Br)=C2c1ccc(O)cc1. The summed E-state index contributed by atoms with van der Waals surface area (Å²) < 4.78 is 1.24. The number of benzene rings is 2. The maximum atomic E-state index is 9.42. The van der Waals surface area contributed by atoms with Crippen molar-refractivity contribution in [3.8, 4) is 5.75 Å². The summed E-state index contributed by atoms with van der Waals surface area (Å²) in [7, 11) is 0. The highest BCUT2D eigenvalue weighted by molar-refractivity contribution is 9.11. The molecule has 96 valence electrons. The Bertz CT molecular complexity index is 653. The van der Waals surface area contributed by atoms with Crippen LogP contribution in [0.25, 0.3) is 5.57 Å². The molecule has 0 saturated heterocycles. The zero-order valence-corrected chi connectivity index (χ0v) is 12.4. The van der Waals surface area contributed by atoms with E-state index in [-0.39, 0.29) is 0 Å². The molecule has 0 unspecified atom stereocenters. The van der Waals surface area contributed by atoms with Gasteiger partial charge in [0, 0.05) is 4.48 Å². The van der Waals surface area contributed by atoms with Crippen molar-refractivity contribution in [3.05, 3.63) is 69.2 Å². The van der Waals surface area contributed by atoms with E-state index in [1.54, 1.807) is 12.1 Å². The Morgan fingerprint density at radius 1 is 1.00 bits per heavy atom. The summed E-state index contributed by atoms with van der Waals surface area (Å²) in [6.45, 7) is 2.13. The second kappa shape index (κ2) is 4.86. The number of hydrogen-bond donors (Lipinski definition) is 1. The molecular formula is C17H15BrO. The molecule has 0 saturated carbocycles. The van der Waals surface area contributed by atoms with Gasteiger partial charge in [-0.3, -0.25) is 0 Å². The quantitative estimate of drug-likeness (QED) is 0.801.